The molecule has 3 nitrogen and oxygen atoms in total. The summed E-state index contributed by atoms with van der Waals surface area (Å²) in [6.45, 7) is 7.20. The van der Waals surface area contributed by atoms with Crippen molar-refractivity contribution in [3.8, 4) is 12.3 Å². The van der Waals surface area contributed by atoms with Crippen LogP contribution >= 0.6 is 0 Å². The van der Waals surface area contributed by atoms with E-state index in [1.807, 2.05) is 0 Å². The van der Waals surface area contributed by atoms with Crippen LogP contribution in [0.25, 0.3) is 0 Å². The first-order valence-electron chi connectivity index (χ1n) is 6.20. The van der Waals surface area contributed by atoms with Crippen LogP contribution in [-0.2, 0) is 4.74 Å². The first kappa shape index (κ1) is 13.5. The quantitative estimate of drug-likeness (QED) is 0.564. The van der Waals surface area contributed by atoms with Gasteiger partial charge in [0.25, 0.3) is 0 Å². The van der Waals surface area contributed by atoms with Gasteiger partial charge in [0.05, 0.1) is 12.7 Å². The number of nitrogens with zero attached hydrogens (tertiary/aromatic N) is 1. The maximum Gasteiger partial charge on any atom is 0.0853 e. The molecule has 16 heavy (non-hydrogen) atoms. The van der Waals surface area contributed by atoms with Crippen LogP contribution in [-0.4, -0.2) is 42.8 Å². The number of rotatable bonds is 5. The molecule has 1 saturated heterocycles. The molecule has 1 aliphatic heterocycles. The van der Waals surface area contributed by atoms with E-state index in [2.05, 4.69) is 24.7 Å². The van der Waals surface area contributed by atoms with E-state index in [-0.39, 0.29) is 12.1 Å². The van der Waals surface area contributed by atoms with Crippen molar-refractivity contribution in [3.63, 3.8) is 0 Å². The van der Waals surface area contributed by atoms with Gasteiger partial charge < -0.3 is 10.5 Å². The molecule has 0 radical (unpaired) electrons. The third-order valence-electron chi connectivity index (χ3n) is 3.19. The largest absolute Gasteiger partial charge is 0.374 e. The van der Waals surface area contributed by atoms with Gasteiger partial charge in [0.1, 0.15) is 0 Å². The molecule has 1 heterocycles. The van der Waals surface area contributed by atoms with Crippen LogP contribution in [0, 0.1) is 12.3 Å². The number of hydrogen-bond donors (Lipinski definition) is 1. The van der Waals surface area contributed by atoms with Crippen molar-refractivity contribution in [3.05, 3.63) is 0 Å². The third-order valence-corrected chi connectivity index (χ3v) is 3.19. The highest BCUT2D eigenvalue weighted by molar-refractivity contribution is 4.86. The van der Waals surface area contributed by atoms with Gasteiger partial charge in [0.2, 0.25) is 0 Å². The summed E-state index contributed by atoms with van der Waals surface area (Å²) in [5.74, 6) is 2.65. The number of ether oxygens (including phenoxy) is 1. The molecule has 92 valence electrons. The molecular weight excluding hydrogens is 200 g/mol. The topological polar surface area (TPSA) is 38.5 Å². The van der Waals surface area contributed by atoms with E-state index in [0.717, 1.165) is 39.0 Å². The predicted molar refractivity (Wildman–Crippen MR) is 67.1 cm³/mol. The Labute approximate surface area is 99.3 Å². The minimum atomic E-state index is 0.120. The summed E-state index contributed by atoms with van der Waals surface area (Å²) in [6.07, 6.45) is 8.17. The first-order chi connectivity index (χ1) is 7.65. The number of unbranched alkanes of at least 4 members (excludes halogenated alkanes) is 1. The molecule has 1 fully saturated rings. The van der Waals surface area contributed by atoms with Crippen molar-refractivity contribution in [2.45, 2.75) is 51.3 Å². The minimum Gasteiger partial charge on any atom is -0.374 e. The van der Waals surface area contributed by atoms with E-state index in [1.54, 1.807) is 0 Å². The second-order valence-electron chi connectivity index (χ2n) is 4.76. The van der Waals surface area contributed by atoms with Crippen LogP contribution < -0.4 is 5.73 Å². The first-order valence-corrected chi connectivity index (χ1v) is 6.20. The van der Waals surface area contributed by atoms with Crippen LogP contribution in [0.5, 0.6) is 0 Å². The van der Waals surface area contributed by atoms with Gasteiger partial charge in [-0.3, -0.25) is 4.90 Å². The van der Waals surface area contributed by atoms with E-state index in [1.165, 1.54) is 0 Å². The fourth-order valence-corrected chi connectivity index (χ4v) is 2.05. The van der Waals surface area contributed by atoms with Gasteiger partial charge in [0, 0.05) is 31.6 Å². The maximum atomic E-state index is 6.13. The van der Waals surface area contributed by atoms with E-state index in [4.69, 9.17) is 16.9 Å². The van der Waals surface area contributed by atoms with Crippen LogP contribution in [0.1, 0.15) is 33.1 Å². The fraction of sp³-hybridized carbons (Fsp3) is 0.846. The predicted octanol–water partition coefficient (Wildman–Crippen LogP) is 1.23. The third kappa shape index (κ3) is 4.13. The molecule has 2 N–H and O–H groups in total. The summed E-state index contributed by atoms with van der Waals surface area (Å²) in [4.78, 5) is 2.43. The Balaban J connectivity index is 2.32. The molecule has 2 atom stereocenters. The molecule has 0 aromatic heterocycles. The Morgan fingerprint density at radius 2 is 2.31 bits per heavy atom. The van der Waals surface area contributed by atoms with Gasteiger partial charge in [0.15, 0.2) is 0 Å². The van der Waals surface area contributed by atoms with E-state index in [0.29, 0.717) is 6.04 Å². The summed E-state index contributed by atoms with van der Waals surface area (Å²) in [7, 11) is 0. The van der Waals surface area contributed by atoms with Gasteiger partial charge in [-0.25, -0.2) is 0 Å². The van der Waals surface area contributed by atoms with Crippen LogP contribution in [0.2, 0.25) is 0 Å². The lowest BCUT2D eigenvalue weighted by Gasteiger charge is -2.37. The zero-order chi connectivity index (χ0) is 12.0. The number of nitrogens with two attached hydrogens (primary N) is 1. The molecule has 0 aromatic rings. The number of hydrogen-bond acceptors (Lipinski definition) is 3. The van der Waals surface area contributed by atoms with Crippen LogP contribution in [0.15, 0.2) is 0 Å². The van der Waals surface area contributed by atoms with Gasteiger partial charge in [-0.05, 0) is 26.7 Å². The molecule has 0 saturated carbocycles. The molecule has 0 spiro atoms. The summed E-state index contributed by atoms with van der Waals surface area (Å²) >= 11 is 0. The maximum absolute atomic E-state index is 6.13. The van der Waals surface area contributed by atoms with Crippen molar-refractivity contribution in [1.82, 2.24) is 4.90 Å². The summed E-state index contributed by atoms with van der Waals surface area (Å²) in [5.41, 5.74) is 6.13. The highest BCUT2D eigenvalue weighted by atomic mass is 16.5. The minimum absolute atomic E-state index is 0.120. The van der Waals surface area contributed by atoms with Crippen molar-refractivity contribution in [1.29, 1.82) is 0 Å². The summed E-state index contributed by atoms with van der Waals surface area (Å²) in [5, 5.41) is 0. The van der Waals surface area contributed by atoms with Crippen molar-refractivity contribution >= 4 is 0 Å². The lowest BCUT2D eigenvalue weighted by Crippen LogP contribution is -2.52. The van der Waals surface area contributed by atoms with E-state index in [9.17, 15) is 0 Å². The SMILES string of the molecule is C#CCCCC(N)C1CN(C(C)C)CCO1. The molecule has 3 heteroatoms. The van der Waals surface area contributed by atoms with Crippen LogP contribution in [0.4, 0.5) is 0 Å². The Hall–Kier alpha value is -0.560. The highest BCUT2D eigenvalue weighted by Gasteiger charge is 2.26. The molecule has 0 aromatic carbocycles. The molecule has 1 rings (SSSR count). The van der Waals surface area contributed by atoms with Gasteiger partial charge in [-0.1, -0.05) is 0 Å². The monoisotopic (exact) mass is 224 g/mol. The summed E-state index contributed by atoms with van der Waals surface area (Å²) < 4.78 is 5.73. The van der Waals surface area contributed by atoms with Gasteiger partial charge in [-0.15, -0.1) is 12.3 Å². The number of morpholine rings is 1. The molecule has 0 bridgehead atoms. The van der Waals surface area contributed by atoms with Crippen molar-refractivity contribution in [2.24, 2.45) is 5.73 Å². The van der Waals surface area contributed by atoms with Gasteiger partial charge in [-0.2, -0.15) is 0 Å². The second kappa shape index (κ2) is 6.90. The smallest absolute Gasteiger partial charge is 0.0853 e. The highest BCUT2D eigenvalue weighted by Crippen LogP contribution is 2.13. The Kier molecular flexibility index (Phi) is 5.83. The van der Waals surface area contributed by atoms with Crippen molar-refractivity contribution < 1.29 is 4.74 Å². The van der Waals surface area contributed by atoms with E-state index >= 15 is 0 Å². The Bertz CT molecular complexity index is 235. The lowest BCUT2D eigenvalue weighted by atomic mass is 10.0. The van der Waals surface area contributed by atoms with Crippen molar-refractivity contribution in [2.75, 3.05) is 19.7 Å². The number of terminal acetylenes is 1. The Morgan fingerprint density at radius 1 is 1.56 bits per heavy atom. The van der Waals surface area contributed by atoms with Gasteiger partial charge >= 0.3 is 0 Å². The zero-order valence-electron chi connectivity index (χ0n) is 10.5. The average molecular weight is 224 g/mol. The second-order valence-corrected chi connectivity index (χ2v) is 4.76. The van der Waals surface area contributed by atoms with E-state index < -0.39 is 0 Å². The molecule has 0 amide bonds. The Morgan fingerprint density at radius 3 is 2.94 bits per heavy atom. The molecule has 0 aliphatic carbocycles. The summed E-state index contributed by atoms with van der Waals surface area (Å²) in [6, 6.07) is 0.694. The lowest BCUT2D eigenvalue weighted by molar-refractivity contribution is -0.0508. The molecule has 2 unspecified atom stereocenters. The molecule has 1 aliphatic rings. The standard InChI is InChI=1S/C13H24N2O/c1-4-5-6-7-12(14)13-10-15(11(2)3)8-9-16-13/h1,11-13H,5-10,14H2,2-3H3. The zero-order valence-corrected chi connectivity index (χ0v) is 10.5. The molecular formula is C13H24N2O. The average Bonchev–Trinajstić information content (AvgIpc) is 2.29. The fourth-order valence-electron chi connectivity index (χ4n) is 2.05. The normalized spacial score (nSPS) is 24.3. The van der Waals surface area contributed by atoms with Crippen LogP contribution in [0.3, 0.4) is 0 Å².